The first-order chi connectivity index (χ1) is 8.42. The van der Waals surface area contributed by atoms with Crippen molar-refractivity contribution in [2.24, 2.45) is 12.5 Å². The zero-order valence-corrected chi connectivity index (χ0v) is 12.8. The molecule has 0 spiro atoms. The molecule has 0 amide bonds. The molecule has 0 saturated carbocycles. The highest BCUT2D eigenvalue weighted by molar-refractivity contribution is 5.18. The van der Waals surface area contributed by atoms with E-state index < -0.39 is 0 Å². The van der Waals surface area contributed by atoms with Gasteiger partial charge in [0.1, 0.15) is 7.05 Å². The summed E-state index contributed by atoms with van der Waals surface area (Å²) in [5, 5.41) is 0. The van der Waals surface area contributed by atoms with E-state index in [0.29, 0.717) is 5.92 Å². The van der Waals surface area contributed by atoms with Gasteiger partial charge in [-0.15, -0.1) is 0 Å². The fourth-order valence-electron chi connectivity index (χ4n) is 2.19. The molecule has 0 N–H and O–H groups in total. The zero-order valence-electron chi connectivity index (χ0n) is 12.8. The third-order valence-electron chi connectivity index (χ3n) is 4.18. The van der Waals surface area contributed by atoms with Gasteiger partial charge in [0.2, 0.25) is 0 Å². The Morgan fingerprint density at radius 3 is 2.50 bits per heavy atom. The average Bonchev–Trinajstić information content (AvgIpc) is 2.36. The number of pyridine rings is 1. The van der Waals surface area contributed by atoms with Crippen LogP contribution in [0.2, 0.25) is 0 Å². The number of aryl methyl sites for hydroxylation is 1. The summed E-state index contributed by atoms with van der Waals surface area (Å²) in [6, 6.07) is 6.49. The van der Waals surface area contributed by atoms with E-state index >= 15 is 0 Å². The number of allylic oxidation sites excluding steroid dienone is 2. The predicted octanol–water partition coefficient (Wildman–Crippen LogP) is 4.39. The molecule has 0 fully saturated rings. The second-order valence-corrected chi connectivity index (χ2v) is 5.92. The Hall–Kier alpha value is -1.11. The van der Waals surface area contributed by atoms with E-state index in [2.05, 4.69) is 76.7 Å². The molecule has 1 aromatic heterocycles. The molecule has 0 radical (unpaired) electrons. The summed E-state index contributed by atoms with van der Waals surface area (Å²) < 4.78 is 2.25. The van der Waals surface area contributed by atoms with E-state index in [4.69, 9.17) is 0 Å². The van der Waals surface area contributed by atoms with Crippen molar-refractivity contribution in [3.8, 4) is 0 Å². The maximum Gasteiger partial charge on any atom is 0.188 e. The van der Waals surface area contributed by atoms with Crippen LogP contribution in [0.3, 0.4) is 0 Å². The van der Waals surface area contributed by atoms with Crippen LogP contribution in [0.15, 0.2) is 36.0 Å². The zero-order chi connectivity index (χ0) is 13.8. The van der Waals surface area contributed by atoms with Gasteiger partial charge in [-0.05, 0) is 25.2 Å². The van der Waals surface area contributed by atoms with Crippen LogP contribution in [0, 0.1) is 5.41 Å². The van der Waals surface area contributed by atoms with Crippen molar-refractivity contribution in [2.45, 2.75) is 53.4 Å². The third-order valence-corrected chi connectivity index (χ3v) is 4.18. The smallest absolute Gasteiger partial charge is 0.188 e. The maximum absolute atomic E-state index is 2.46. The molecular weight excluding hydrogens is 218 g/mol. The monoisotopic (exact) mass is 246 g/mol. The van der Waals surface area contributed by atoms with Crippen molar-refractivity contribution in [3.63, 3.8) is 0 Å². The minimum atomic E-state index is 0.287. The summed E-state index contributed by atoms with van der Waals surface area (Å²) in [6.07, 6.45) is 6.91. The first-order valence-electron chi connectivity index (χ1n) is 7.04. The van der Waals surface area contributed by atoms with E-state index in [9.17, 15) is 0 Å². The van der Waals surface area contributed by atoms with E-state index in [1.54, 1.807) is 0 Å². The summed E-state index contributed by atoms with van der Waals surface area (Å²) in [5.74, 6) is 0.480. The molecule has 1 aromatic rings. The van der Waals surface area contributed by atoms with Crippen molar-refractivity contribution in [1.82, 2.24) is 0 Å². The molecule has 1 heteroatoms. The fraction of sp³-hybridized carbons (Fsp3) is 0.588. The van der Waals surface area contributed by atoms with Gasteiger partial charge in [0.15, 0.2) is 11.9 Å². The van der Waals surface area contributed by atoms with Gasteiger partial charge in [-0.25, -0.2) is 4.57 Å². The number of nitrogens with zero attached hydrogens (tertiary/aromatic N) is 1. The lowest BCUT2D eigenvalue weighted by molar-refractivity contribution is -0.680. The Bertz CT molecular complexity index is 415. The van der Waals surface area contributed by atoms with Gasteiger partial charge in [-0.3, -0.25) is 0 Å². The number of aromatic nitrogens is 1. The van der Waals surface area contributed by atoms with Crippen molar-refractivity contribution >= 4 is 0 Å². The number of hydrogen-bond acceptors (Lipinski definition) is 0. The van der Waals surface area contributed by atoms with Gasteiger partial charge >= 0.3 is 0 Å². The molecule has 0 aromatic carbocycles. The molecule has 0 bridgehead atoms. The summed E-state index contributed by atoms with van der Waals surface area (Å²) >= 11 is 0. The van der Waals surface area contributed by atoms with Gasteiger partial charge in [0.05, 0.1) is 5.92 Å². The van der Waals surface area contributed by atoms with Crippen LogP contribution < -0.4 is 4.57 Å². The lowest BCUT2D eigenvalue weighted by Crippen LogP contribution is -2.38. The van der Waals surface area contributed by atoms with E-state index in [0.717, 1.165) is 6.42 Å². The standard InChI is InChI=1S/C17H28N/c1-7-14(3)13-15(17(4,5)8-2)16-11-9-10-12-18(16)6/h9-13,15H,7-8H2,1-6H3/q+1/b14-13-. The van der Waals surface area contributed by atoms with Gasteiger partial charge in [0, 0.05) is 12.1 Å². The highest BCUT2D eigenvalue weighted by Crippen LogP contribution is 2.38. The Morgan fingerprint density at radius 2 is 2.00 bits per heavy atom. The molecule has 0 aliphatic carbocycles. The first kappa shape index (κ1) is 14.9. The maximum atomic E-state index is 2.46. The quantitative estimate of drug-likeness (QED) is 0.536. The SMILES string of the molecule is CC/C(C)=C\C(c1cccc[n+]1C)C(C)(C)CC. The normalized spacial score (nSPS) is 14.7. The predicted molar refractivity (Wildman–Crippen MR) is 78.5 cm³/mol. The van der Waals surface area contributed by atoms with Crippen LogP contribution in [-0.4, -0.2) is 0 Å². The lowest BCUT2D eigenvalue weighted by Gasteiger charge is -2.30. The summed E-state index contributed by atoms with van der Waals surface area (Å²) in [4.78, 5) is 0. The molecule has 0 aliphatic heterocycles. The average molecular weight is 246 g/mol. The molecule has 0 saturated heterocycles. The highest BCUT2D eigenvalue weighted by atomic mass is 14.9. The van der Waals surface area contributed by atoms with Crippen molar-refractivity contribution < 1.29 is 4.57 Å². The summed E-state index contributed by atoms with van der Waals surface area (Å²) in [5.41, 5.74) is 3.16. The lowest BCUT2D eigenvalue weighted by atomic mass is 9.74. The Balaban J connectivity index is 3.26. The highest BCUT2D eigenvalue weighted by Gasteiger charge is 2.32. The van der Waals surface area contributed by atoms with Gasteiger partial charge in [-0.2, -0.15) is 0 Å². The van der Waals surface area contributed by atoms with Crippen LogP contribution in [0.5, 0.6) is 0 Å². The van der Waals surface area contributed by atoms with Crippen molar-refractivity contribution in [1.29, 1.82) is 0 Å². The van der Waals surface area contributed by atoms with Crippen LogP contribution in [0.4, 0.5) is 0 Å². The van der Waals surface area contributed by atoms with E-state index in [1.807, 2.05) is 0 Å². The fourth-order valence-corrected chi connectivity index (χ4v) is 2.19. The molecule has 1 heterocycles. The van der Waals surface area contributed by atoms with E-state index in [1.165, 1.54) is 17.7 Å². The van der Waals surface area contributed by atoms with Gasteiger partial charge in [0.25, 0.3) is 0 Å². The van der Waals surface area contributed by atoms with Gasteiger partial charge < -0.3 is 0 Å². The Labute approximate surface area is 113 Å². The second-order valence-electron chi connectivity index (χ2n) is 5.92. The minimum absolute atomic E-state index is 0.287. The number of hydrogen-bond donors (Lipinski definition) is 0. The van der Waals surface area contributed by atoms with E-state index in [-0.39, 0.29) is 5.41 Å². The van der Waals surface area contributed by atoms with Crippen LogP contribution in [-0.2, 0) is 7.05 Å². The Morgan fingerprint density at radius 1 is 1.33 bits per heavy atom. The molecule has 1 nitrogen and oxygen atoms in total. The van der Waals surface area contributed by atoms with Crippen molar-refractivity contribution in [3.05, 3.63) is 41.7 Å². The molecule has 18 heavy (non-hydrogen) atoms. The molecule has 1 atom stereocenters. The largest absolute Gasteiger partial charge is 0.205 e. The third kappa shape index (κ3) is 3.44. The first-order valence-corrected chi connectivity index (χ1v) is 7.04. The van der Waals surface area contributed by atoms with Crippen LogP contribution in [0.25, 0.3) is 0 Å². The molecule has 1 unspecified atom stereocenters. The van der Waals surface area contributed by atoms with Crippen LogP contribution >= 0.6 is 0 Å². The van der Waals surface area contributed by atoms with Gasteiger partial charge in [-0.1, -0.05) is 45.4 Å². The van der Waals surface area contributed by atoms with Crippen LogP contribution in [0.1, 0.15) is 59.1 Å². The topological polar surface area (TPSA) is 3.88 Å². The second kappa shape index (κ2) is 6.17. The number of rotatable bonds is 5. The summed E-state index contributed by atoms with van der Waals surface area (Å²) in [7, 11) is 2.14. The van der Waals surface area contributed by atoms with Crippen molar-refractivity contribution in [2.75, 3.05) is 0 Å². The Kier molecular flexibility index (Phi) is 5.13. The molecular formula is C17H28N+. The minimum Gasteiger partial charge on any atom is -0.205 e. The molecule has 1 rings (SSSR count). The molecule has 100 valence electrons. The molecule has 0 aliphatic rings. The summed E-state index contributed by atoms with van der Waals surface area (Å²) in [6.45, 7) is 11.5.